The SMILES string of the molecule is NNC(=O)c1cccc(CN2CCCC2)c1. The number of hydrogen-bond donors (Lipinski definition) is 2. The van der Waals surface area contributed by atoms with Gasteiger partial charge >= 0.3 is 0 Å². The first-order valence-electron chi connectivity index (χ1n) is 5.62. The molecule has 1 saturated heterocycles. The monoisotopic (exact) mass is 219 g/mol. The van der Waals surface area contributed by atoms with Gasteiger partial charge in [-0.25, -0.2) is 5.84 Å². The Morgan fingerprint density at radius 1 is 1.38 bits per heavy atom. The standard InChI is InChI=1S/C12H17N3O/c13-14-12(16)11-5-3-4-10(8-11)9-15-6-1-2-7-15/h3-5,8H,1-2,6-7,9,13H2,(H,14,16). The third kappa shape index (κ3) is 2.59. The molecule has 4 nitrogen and oxygen atoms in total. The Bertz CT molecular complexity index is 372. The summed E-state index contributed by atoms with van der Waals surface area (Å²) in [5.74, 6) is 4.87. The Kier molecular flexibility index (Phi) is 3.54. The number of nitrogens with one attached hydrogen (secondary N) is 1. The molecule has 3 N–H and O–H groups in total. The number of amides is 1. The topological polar surface area (TPSA) is 58.4 Å². The highest BCUT2D eigenvalue weighted by atomic mass is 16.2. The van der Waals surface area contributed by atoms with Crippen LogP contribution in [0.1, 0.15) is 28.8 Å². The molecule has 1 aliphatic rings. The van der Waals surface area contributed by atoms with Crippen molar-refractivity contribution in [2.45, 2.75) is 19.4 Å². The van der Waals surface area contributed by atoms with Crippen LogP contribution in [0.4, 0.5) is 0 Å². The molecule has 4 heteroatoms. The van der Waals surface area contributed by atoms with Crippen LogP contribution in [0.2, 0.25) is 0 Å². The van der Waals surface area contributed by atoms with Crippen molar-refractivity contribution in [2.24, 2.45) is 5.84 Å². The highest BCUT2D eigenvalue weighted by Gasteiger charge is 2.12. The minimum atomic E-state index is -0.233. The predicted molar refractivity (Wildman–Crippen MR) is 62.6 cm³/mol. The van der Waals surface area contributed by atoms with Crippen LogP contribution >= 0.6 is 0 Å². The zero-order valence-corrected chi connectivity index (χ0v) is 9.28. The third-order valence-electron chi connectivity index (χ3n) is 2.93. The van der Waals surface area contributed by atoms with E-state index >= 15 is 0 Å². The fourth-order valence-corrected chi connectivity index (χ4v) is 2.09. The highest BCUT2D eigenvalue weighted by Crippen LogP contribution is 2.13. The van der Waals surface area contributed by atoms with Crippen LogP contribution < -0.4 is 11.3 Å². The molecule has 0 aliphatic carbocycles. The molecule has 1 aromatic rings. The van der Waals surface area contributed by atoms with E-state index in [-0.39, 0.29) is 5.91 Å². The Labute approximate surface area is 95.4 Å². The normalized spacial score (nSPS) is 16.3. The Balaban J connectivity index is 2.06. The van der Waals surface area contributed by atoms with Gasteiger partial charge in [-0.2, -0.15) is 0 Å². The van der Waals surface area contributed by atoms with E-state index in [1.54, 1.807) is 6.07 Å². The molecule has 1 amide bonds. The van der Waals surface area contributed by atoms with Gasteiger partial charge in [-0.15, -0.1) is 0 Å². The average Bonchev–Trinajstić information content (AvgIpc) is 2.81. The molecule has 0 saturated carbocycles. The number of likely N-dealkylation sites (tertiary alicyclic amines) is 1. The number of nitrogens with two attached hydrogens (primary N) is 1. The van der Waals surface area contributed by atoms with Crippen molar-refractivity contribution in [2.75, 3.05) is 13.1 Å². The van der Waals surface area contributed by atoms with Gasteiger partial charge in [-0.3, -0.25) is 15.1 Å². The van der Waals surface area contributed by atoms with Crippen molar-refractivity contribution in [1.82, 2.24) is 10.3 Å². The van der Waals surface area contributed by atoms with E-state index in [1.807, 2.05) is 18.2 Å². The Hall–Kier alpha value is -1.39. The van der Waals surface area contributed by atoms with Crippen LogP contribution in [-0.2, 0) is 6.54 Å². The molecule has 86 valence electrons. The van der Waals surface area contributed by atoms with Crippen molar-refractivity contribution >= 4 is 5.91 Å². The summed E-state index contributed by atoms with van der Waals surface area (Å²) in [6, 6.07) is 7.62. The lowest BCUT2D eigenvalue weighted by atomic mass is 10.1. The second-order valence-corrected chi connectivity index (χ2v) is 4.16. The van der Waals surface area contributed by atoms with Crippen LogP contribution in [0.3, 0.4) is 0 Å². The molecule has 0 spiro atoms. The molecule has 1 fully saturated rings. The maximum Gasteiger partial charge on any atom is 0.265 e. The molecule has 0 aromatic heterocycles. The lowest BCUT2D eigenvalue weighted by Gasteiger charge is -2.14. The molecule has 0 unspecified atom stereocenters. The van der Waals surface area contributed by atoms with Crippen LogP contribution in [0, 0.1) is 0 Å². The summed E-state index contributed by atoms with van der Waals surface area (Å²) < 4.78 is 0. The van der Waals surface area contributed by atoms with Gasteiger partial charge < -0.3 is 0 Å². The minimum Gasteiger partial charge on any atom is -0.299 e. The van der Waals surface area contributed by atoms with Gasteiger partial charge in [0.05, 0.1) is 0 Å². The summed E-state index contributed by atoms with van der Waals surface area (Å²) in [7, 11) is 0. The van der Waals surface area contributed by atoms with Crippen molar-refractivity contribution in [1.29, 1.82) is 0 Å². The first-order valence-corrected chi connectivity index (χ1v) is 5.62. The fourth-order valence-electron chi connectivity index (χ4n) is 2.09. The zero-order chi connectivity index (χ0) is 11.4. The van der Waals surface area contributed by atoms with E-state index in [0.717, 1.165) is 19.6 Å². The quantitative estimate of drug-likeness (QED) is 0.451. The van der Waals surface area contributed by atoms with Crippen LogP contribution in [0.5, 0.6) is 0 Å². The van der Waals surface area contributed by atoms with Crippen LogP contribution in [0.15, 0.2) is 24.3 Å². The van der Waals surface area contributed by atoms with Crippen molar-refractivity contribution < 1.29 is 4.79 Å². The van der Waals surface area contributed by atoms with E-state index in [4.69, 9.17) is 5.84 Å². The van der Waals surface area contributed by atoms with E-state index in [2.05, 4.69) is 10.3 Å². The minimum absolute atomic E-state index is 0.233. The van der Waals surface area contributed by atoms with E-state index in [9.17, 15) is 4.79 Å². The number of nitrogen functional groups attached to an aromatic ring is 1. The highest BCUT2D eigenvalue weighted by molar-refractivity contribution is 5.93. The molecule has 0 radical (unpaired) electrons. The molecular formula is C12H17N3O. The summed E-state index contributed by atoms with van der Waals surface area (Å²) in [4.78, 5) is 13.8. The molecule has 0 atom stereocenters. The third-order valence-corrected chi connectivity index (χ3v) is 2.93. The van der Waals surface area contributed by atoms with Crippen molar-refractivity contribution in [3.05, 3.63) is 35.4 Å². The van der Waals surface area contributed by atoms with Crippen LogP contribution in [-0.4, -0.2) is 23.9 Å². The molecular weight excluding hydrogens is 202 g/mol. The lowest BCUT2D eigenvalue weighted by molar-refractivity contribution is 0.0953. The second kappa shape index (κ2) is 5.09. The summed E-state index contributed by atoms with van der Waals surface area (Å²) in [5, 5.41) is 0. The van der Waals surface area contributed by atoms with Crippen LogP contribution in [0.25, 0.3) is 0 Å². The fraction of sp³-hybridized carbons (Fsp3) is 0.417. The maximum absolute atomic E-state index is 11.4. The summed E-state index contributed by atoms with van der Waals surface area (Å²) in [6.45, 7) is 3.24. The second-order valence-electron chi connectivity index (χ2n) is 4.16. The number of nitrogens with zero attached hydrogens (tertiary/aromatic N) is 1. The van der Waals surface area contributed by atoms with Gasteiger partial charge in [0, 0.05) is 12.1 Å². The maximum atomic E-state index is 11.4. The molecule has 1 aromatic carbocycles. The number of carbonyl (C=O) groups excluding carboxylic acids is 1. The van der Waals surface area contributed by atoms with Crippen molar-refractivity contribution in [3.8, 4) is 0 Å². The molecule has 16 heavy (non-hydrogen) atoms. The number of benzene rings is 1. The summed E-state index contributed by atoms with van der Waals surface area (Å²) >= 11 is 0. The molecule has 0 bridgehead atoms. The van der Waals surface area contributed by atoms with Gasteiger partial charge in [0.25, 0.3) is 5.91 Å². The average molecular weight is 219 g/mol. The first-order chi connectivity index (χ1) is 7.79. The first kappa shape index (κ1) is 11.1. The molecule has 1 heterocycles. The predicted octanol–water partition coefficient (Wildman–Crippen LogP) is 0.886. The van der Waals surface area contributed by atoms with E-state index in [0.29, 0.717) is 5.56 Å². The summed E-state index contributed by atoms with van der Waals surface area (Å²) in [6.07, 6.45) is 2.56. The van der Waals surface area contributed by atoms with E-state index < -0.39 is 0 Å². The number of carbonyl (C=O) groups is 1. The summed E-state index contributed by atoms with van der Waals surface area (Å²) in [5.41, 5.74) is 3.94. The van der Waals surface area contributed by atoms with Gasteiger partial charge in [0.15, 0.2) is 0 Å². The number of rotatable bonds is 3. The largest absolute Gasteiger partial charge is 0.299 e. The van der Waals surface area contributed by atoms with Crippen molar-refractivity contribution in [3.63, 3.8) is 0 Å². The Morgan fingerprint density at radius 3 is 2.81 bits per heavy atom. The zero-order valence-electron chi connectivity index (χ0n) is 9.28. The van der Waals surface area contributed by atoms with E-state index in [1.165, 1.54) is 18.4 Å². The number of hydrazine groups is 1. The Morgan fingerprint density at radius 2 is 2.12 bits per heavy atom. The number of hydrogen-bond acceptors (Lipinski definition) is 3. The van der Waals surface area contributed by atoms with Gasteiger partial charge in [0.1, 0.15) is 0 Å². The molecule has 1 aliphatic heterocycles. The van der Waals surface area contributed by atoms with Gasteiger partial charge in [-0.1, -0.05) is 12.1 Å². The van der Waals surface area contributed by atoms with Gasteiger partial charge in [-0.05, 0) is 43.6 Å². The van der Waals surface area contributed by atoms with Gasteiger partial charge in [0.2, 0.25) is 0 Å². The lowest BCUT2D eigenvalue weighted by Crippen LogP contribution is -2.30. The molecule has 2 rings (SSSR count). The smallest absolute Gasteiger partial charge is 0.265 e.